The summed E-state index contributed by atoms with van der Waals surface area (Å²) in [5.74, 6) is -0.345. The maximum Gasteiger partial charge on any atom is 0.332 e. The SMILES string of the molecule is O=Cc1cccc(OCC2CCC(C(=O)O)O2)c1. The van der Waals surface area contributed by atoms with E-state index in [4.69, 9.17) is 14.6 Å². The standard InChI is InChI=1S/C13H14O5/c14-7-9-2-1-3-10(6-9)17-8-11-4-5-12(18-11)13(15)16/h1-3,6-7,11-12H,4-5,8H2,(H,15,16). The topological polar surface area (TPSA) is 72.8 Å². The van der Waals surface area contributed by atoms with Crippen LogP contribution in [-0.4, -0.2) is 36.2 Å². The van der Waals surface area contributed by atoms with E-state index in [9.17, 15) is 9.59 Å². The van der Waals surface area contributed by atoms with E-state index < -0.39 is 12.1 Å². The lowest BCUT2D eigenvalue weighted by molar-refractivity contribution is -0.149. The van der Waals surface area contributed by atoms with E-state index >= 15 is 0 Å². The summed E-state index contributed by atoms with van der Waals surface area (Å²) in [6, 6.07) is 6.80. The van der Waals surface area contributed by atoms with Crippen LogP contribution in [-0.2, 0) is 9.53 Å². The van der Waals surface area contributed by atoms with Crippen LogP contribution in [0, 0.1) is 0 Å². The van der Waals surface area contributed by atoms with Crippen molar-refractivity contribution in [3.05, 3.63) is 29.8 Å². The molecule has 1 aliphatic rings. The summed E-state index contributed by atoms with van der Waals surface area (Å²) >= 11 is 0. The lowest BCUT2D eigenvalue weighted by Gasteiger charge is -2.12. The lowest BCUT2D eigenvalue weighted by atomic mass is 10.2. The predicted molar refractivity (Wildman–Crippen MR) is 62.9 cm³/mol. The van der Waals surface area contributed by atoms with Gasteiger partial charge in [0.05, 0.1) is 6.10 Å². The quantitative estimate of drug-likeness (QED) is 0.802. The molecule has 5 nitrogen and oxygen atoms in total. The highest BCUT2D eigenvalue weighted by atomic mass is 16.6. The number of hydrogen-bond acceptors (Lipinski definition) is 4. The Morgan fingerprint density at radius 3 is 3.00 bits per heavy atom. The van der Waals surface area contributed by atoms with Crippen molar-refractivity contribution in [2.24, 2.45) is 0 Å². The van der Waals surface area contributed by atoms with Gasteiger partial charge in [0.15, 0.2) is 6.10 Å². The van der Waals surface area contributed by atoms with Gasteiger partial charge in [-0.2, -0.15) is 0 Å². The number of rotatable bonds is 5. The first-order chi connectivity index (χ1) is 8.69. The average molecular weight is 250 g/mol. The van der Waals surface area contributed by atoms with Gasteiger partial charge in [-0.05, 0) is 25.0 Å². The summed E-state index contributed by atoms with van der Waals surface area (Å²) in [5, 5.41) is 8.78. The van der Waals surface area contributed by atoms with Crippen LogP contribution in [0.2, 0.25) is 0 Å². The molecule has 1 heterocycles. The van der Waals surface area contributed by atoms with Gasteiger partial charge in [-0.15, -0.1) is 0 Å². The van der Waals surface area contributed by atoms with Crippen molar-refractivity contribution in [1.29, 1.82) is 0 Å². The molecular formula is C13H14O5. The van der Waals surface area contributed by atoms with Gasteiger partial charge in [-0.25, -0.2) is 4.79 Å². The van der Waals surface area contributed by atoms with Gasteiger partial charge in [-0.3, -0.25) is 4.79 Å². The predicted octanol–water partition coefficient (Wildman–Crippen LogP) is 1.51. The van der Waals surface area contributed by atoms with Gasteiger partial charge in [0.2, 0.25) is 0 Å². The molecule has 0 aliphatic carbocycles. The number of carbonyl (C=O) groups is 2. The van der Waals surface area contributed by atoms with E-state index in [-0.39, 0.29) is 6.10 Å². The van der Waals surface area contributed by atoms with Crippen molar-refractivity contribution in [3.8, 4) is 5.75 Å². The minimum Gasteiger partial charge on any atom is -0.491 e. The Morgan fingerprint density at radius 2 is 2.33 bits per heavy atom. The molecule has 5 heteroatoms. The molecule has 1 fully saturated rings. The molecule has 0 spiro atoms. The first-order valence-electron chi connectivity index (χ1n) is 5.75. The minimum atomic E-state index is -0.930. The normalized spacial score (nSPS) is 22.7. The highest BCUT2D eigenvalue weighted by Gasteiger charge is 2.30. The Balaban J connectivity index is 1.85. The minimum absolute atomic E-state index is 0.203. The van der Waals surface area contributed by atoms with E-state index in [2.05, 4.69) is 0 Å². The van der Waals surface area contributed by atoms with Crippen LogP contribution in [0.15, 0.2) is 24.3 Å². The van der Waals surface area contributed by atoms with Crippen LogP contribution in [0.4, 0.5) is 0 Å². The van der Waals surface area contributed by atoms with Crippen LogP contribution in [0.3, 0.4) is 0 Å². The molecule has 0 radical (unpaired) electrons. The smallest absolute Gasteiger partial charge is 0.332 e. The number of hydrogen-bond donors (Lipinski definition) is 1. The third-order valence-corrected chi connectivity index (χ3v) is 2.81. The van der Waals surface area contributed by atoms with Crippen LogP contribution in [0.1, 0.15) is 23.2 Å². The molecule has 1 aromatic carbocycles. The molecule has 2 atom stereocenters. The molecule has 2 unspecified atom stereocenters. The second-order valence-corrected chi connectivity index (χ2v) is 4.16. The van der Waals surface area contributed by atoms with E-state index in [1.807, 2.05) is 0 Å². The van der Waals surface area contributed by atoms with E-state index in [1.54, 1.807) is 24.3 Å². The maximum absolute atomic E-state index is 10.7. The second-order valence-electron chi connectivity index (χ2n) is 4.16. The first-order valence-corrected chi connectivity index (χ1v) is 5.75. The third-order valence-electron chi connectivity index (χ3n) is 2.81. The number of aliphatic carboxylic acids is 1. The van der Waals surface area contributed by atoms with Gasteiger partial charge in [0.25, 0.3) is 0 Å². The molecule has 0 bridgehead atoms. The van der Waals surface area contributed by atoms with Crippen LogP contribution >= 0.6 is 0 Å². The molecule has 2 rings (SSSR count). The molecule has 18 heavy (non-hydrogen) atoms. The zero-order valence-electron chi connectivity index (χ0n) is 9.74. The summed E-state index contributed by atoms with van der Waals surface area (Å²) in [6.45, 7) is 0.298. The average Bonchev–Trinajstić information content (AvgIpc) is 2.85. The van der Waals surface area contributed by atoms with E-state index in [1.165, 1.54) is 0 Å². The van der Waals surface area contributed by atoms with Gasteiger partial charge in [0.1, 0.15) is 18.6 Å². The number of aldehydes is 1. The number of ether oxygens (including phenoxy) is 2. The Labute approximate surface area is 104 Å². The van der Waals surface area contributed by atoms with Crippen molar-refractivity contribution >= 4 is 12.3 Å². The van der Waals surface area contributed by atoms with Crippen LogP contribution in [0.5, 0.6) is 5.75 Å². The first kappa shape index (κ1) is 12.6. The highest BCUT2D eigenvalue weighted by Crippen LogP contribution is 2.21. The fraction of sp³-hybridized carbons (Fsp3) is 0.385. The van der Waals surface area contributed by atoms with Gasteiger partial charge < -0.3 is 14.6 Å². The monoisotopic (exact) mass is 250 g/mol. The highest BCUT2D eigenvalue weighted by molar-refractivity contribution is 5.75. The van der Waals surface area contributed by atoms with E-state index in [0.717, 1.165) is 6.29 Å². The Kier molecular flexibility index (Phi) is 3.94. The van der Waals surface area contributed by atoms with Crippen molar-refractivity contribution in [1.82, 2.24) is 0 Å². The molecule has 1 aliphatic heterocycles. The van der Waals surface area contributed by atoms with Gasteiger partial charge in [-0.1, -0.05) is 12.1 Å². The fourth-order valence-electron chi connectivity index (χ4n) is 1.88. The zero-order chi connectivity index (χ0) is 13.0. The van der Waals surface area contributed by atoms with Crippen molar-refractivity contribution in [2.75, 3.05) is 6.61 Å². The Bertz CT molecular complexity index is 443. The summed E-state index contributed by atoms with van der Waals surface area (Å²) in [4.78, 5) is 21.3. The third kappa shape index (κ3) is 3.07. The summed E-state index contributed by atoms with van der Waals surface area (Å²) in [7, 11) is 0. The van der Waals surface area contributed by atoms with Crippen molar-refractivity contribution in [3.63, 3.8) is 0 Å². The van der Waals surface area contributed by atoms with Crippen LogP contribution in [0.25, 0.3) is 0 Å². The molecular weight excluding hydrogens is 236 g/mol. The molecule has 0 aromatic heterocycles. The van der Waals surface area contributed by atoms with Crippen LogP contribution < -0.4 is 4.74 Å². The summed E-state index contributed by atoms with van der Waals surface area (Å²) < 4.78 is 10.8. The molecule has 1 N–H and O–H groups in total. The van der Waals surface area contributed by atoms with Gasteiger partial charge >= 0.3 is 5.97 Å². The number of carbonyl (C=O) groups excluding carboxylic acids is 1. The Hall–Kier alpha value is -1.88. The van der Waals surface area contributed by atoms with Gasteiger partial charge in [0, 0.05) is 5.56 Å². The fourth-order valence-corrected chi connectivity index (χ4v) is 1.88. The van der Waals surface area contributed by atoms with Crippen molar-refractivity contribution < 1.29 is 24.2 Å². The second kappa shape index (κ2) is 5.64. The molecule has 0 amide bonds. The number of carboxylic acids is 1. The Morgan fingerprint density at radius 1 is 1.50 bits per heavy atom. The molecule has 1 aromatic rings. The summed E-state index contributed by atoms with van der Waals surface area (Å²) in [5.41, 5.74) is 0.545. The molecule has 96 valence electrons. The van der Waals surface area contributed by atoms with Crippen molar-refractivity contribution in [2.45, 2.75) is 25.0 Å². The molecule has 1 saturated heterocycles. The zero-order valence-corrected chi connectivity index (χ0v) is 9.74. The number of carboxylic acid groups (broad SMARTS) is 1. The maximum atomic E-state index is 10.7. The number of benzene rings is 1. The summed E-state index contributed by atoms with van der Waals surface area (Å²) in [6.07, 6.45) is 1.01. The lowest BCUT2D eigenvalue weighted by Crippen LogP contribution is -2.23. The van der Waals surface area contributed by atoms with E-state index in [0.29, 0.717) is 30.8 Å². The molecule has 0 saturated carbocycles. The largest absolute Gasteiger partial charge is 0.491 e.